The van der Waals surface area contributed by atoms with Gasteiger partial charge in [-0.25, -0.2) is 0 Å². The van der Waals surface area contributed by atoms with E-state index in [1.54, 1.807) is 6.20 Å². The molecule has 0 aliphatic carbocycles. The summed E-state index contributed by atoms with van der Waals surface area (Å²) < 4.78 is 0. The van der Waals surface area contributed by atoms with Gasteiger partial charge < -0.3 is 4.90 Å². The number of H-pyrrole nitrogens is 1. The quantitative estimate of drug-likeness (QED) is 0.917. The van der Waals surface area contributed by atoms with E-state index in [9.17, 15) is 4.79 Å². The molecule has 0 spiro atoms. The molecule has 1 aromatic heterocycles. The molecule has 1 N–H and O–H groups in total. The number of fused-ring (bicyclic) bond motifs is 1. The van der Waals surface area contributed by atoms with Gasteiger partial charge in [-0.1, -0.05) is 26.0 Å². The van der Waals surface area contributed by atoms with Gasteiger partial charge in [0.15, 0.2) is 0 Å². The van der Waals surface area contributed by atoms with Crippen molar-refractivity contribution in [2.45, 2.75) is 33.2 Å². The Kier molecular flexibility index (Phi) is 3.88. The van der Waals surface area contributed by atoms with Crippen molar-refractivity contribution in [1.29, 1.82) is 0 Å². The average molecular weight is 259 g/mol. The van der Waals surface area contributed by atoms with E-state index in [0.717, 1.165) is 17.3 Å². The minimum absolute atomic E-state index is 0.0444. The minimum Gasteiger partial charge on any atom is -0.339 e. The van der Waals surface area contributed by atoms with E-state index in [1.165, 1.54) is 0 Å². The van der Waals surface area contributed by atoms with E-state index in [1.807, 2.05) is 30.1 Å². The molecule has 1 amide bonds. The summed E-state index contributed by atoms with van der Waals surface area (Å²) in [6, 6.07) is 5.92. The van der Waals surface area contributed by atoms with Crippen LogP contribution < -0.4 is 0 Å². The molecule has 1 atom stereocenters. The van der Waals surface area contributed by atoms with E-state index in [0.29, 0.717) is 11.5 Å². The Bertz CT molecular complexity index is 574. The fraction of sp³-hybridized carbons (Fsp3) is 0.467. The molecule has 0 aliphatic rings. The van der Waals surface area contributed by atoms with Crippen LogP contribution in [0.3, 0.4) is 0 Å². The molecule has 0 aliphatic heterocycles. The second-order valence-corrected chi connectivity index (χ2v) is 5.53. The molecule has 0 saturated heterocycles. The lowest BCUT2D eigenvalue weighted by atomic mass is 10.0. The van der Waals surface area contributed by atoms with Gasteiger partial charge in [0.2, 0.25) is 0 Å². The summed E-state index contributed by atoms with van der Waals surface area (Å²) in [5, 5.41) is 7.88. The smallest absolute Gasteiger partial charge is 0.256 e. The first-order valence-electron chi connectivity index (χ1n) is 6.70. The maximum atomic E-state index is 12.6. The van der Waals surface area contributed by atoms with Crippen LogP contribution in [0, 0.1) is 5.92 Å². The van der Waals surface area contributed by atoms with Crippen molar-refractivity contribution in [3.63, 3.8) is 0 Å². The highest BCUT2D eigenvalue weighted by Gasteiger charge is 2.20. The van der Waals surface area contributed by atoms with Gasteiger partial charge in [-0.15, -0.1) is 0 Å². The third-order valence-electron chi connectivity index (χ3n) is 3.50. The molecule has 0 radical (unpaired) electrons. The molecule has 2 aromatic rings. The van der Waals surface area contributed by atoms with Crippen LogP contribution in [-0.2, 0) is 0 Å². The standard InChI is InChI=1S/C15H21N3O/c1-10(2)8-11(3)18(4)15(19)13-7-5-6-12-9-16-17-14(12)13/h5-7,9-11H,8H2,1-4H3,(H,16,17). The Hall–Kier alpha value is -1.84. The van der Waals surface area contributed by atoms with Crippen LogP contribution in [0.4, 0.5) is 0 Å². The van der Waals surface area contributed by atoms with Crippen molar-refractivity contribution in [2.24, 2.45) is 5.92 Å². The molecule has 102 valence electrons. The SMILES string of the molecule is CC(C)CC(C)N(C)C(=O)c1cccc2cn[nH]c12. The van der Waals surface area contributed by atoms with E-state index in [-0.39, 0.29) is 11.9 Å². The number of amides is 1. The van der Waals surface area contributed by atoms with Crippen LogP contribution in [0.25, 0.3) is 10.9 Å². The predicted octanol–water partition coefficient (Wildman–Crippen LogP) is 3.07. The van der Waals surface area contributed by atoms with Gasteiger partial charge in [-0.05, 0) is 25.3 Å². The number of aromatic nitrogens is 2. The summed E-state index contributed by atoms with van der Waals surface area (Å²) in [5.41, 5.74) is 1.50. The molecule has 2 rings (SSSR count). The van der Waals surface area contributed by atoms with E-state index in [2.05, 4.69) is 31.0 Å². The Morgan fingerprint density at radius 2 is 2.11 bits per heavy atom. The summed E-state index contributed by atoms with van der Waals surface area (Å²) in [6.45, 7) is 6.43. The second-order valence-electron chi connectivity index (χ2n) is 5.53. The summed E-state index contributed by atoms with van der Waals surface area (Å²) in [5.74, 6) is 0.621. The average Bonchev–Trinajstić information content (AvgIpc) is 2.84. The van der Waals surface area contributed by atoms with Gasteiger partial charge >= 0.3 is 0 Å². The van der Waals surface area contributed by atoms with Gasteiger partial charge in [0, 0.05) is 18.5 Å². The largest absolute Gasteiger partial charge is 0.339 e. The zero-order valence-corrected chi connectivity index (χ0v) is 12.0. The van der Waals surface area contributed by atoms with Crippen LogP contribution in [0.15, 0.2) is 24.4 Å². The van der Waals surface area contributed by atoms with Crippen molar-refractivity contribution < 1.29 is 4.79 Å². The first-order valence-corrected chi connectivity index (χ1v) is 6.70. The minimum atomic E-state index is 0.0444. The number of hydrogen-bond donors (Lipinski definition) is 1. The maximum Gasteiger partial charge on any atom is 0.256 e. The van der Waals surface area contributed by atoms with Crippen molar-refractivity contribution in [3.05, 3.63) is 30.0 Å². The molecule has 0 bridgehead atoms. The molecule has 1 unspecified atom stereocenters. The lowest BCUT2D eigenvalue weighted by Crippen LogP contribution is -2.36. The number of carbonyl (C=O) groups excluding carboxylic acids is 1. The summed E-state index contributed by atoms with van der Waals surface area (Å²) >= 11 is 0. The van der Waals surface area contributed by atoms with E-state index >= 15 is 0 Å². The third-order valence-corrected chi connectivity index (χ3v) is 3.50. The van der Waals surface area contributed by atoms with Gasteiger partial charge in [0.1, 0.15) is 0 Å². The van der Waals surface area contributed by atoms with Crippen LogP contribution in [-0.4, -0.2) is 34.1 Å². The van der Waals surface area contributed by atoms with Gasteiger partial charge in [-0.2, -0.15) is 5.10 Å². The van der Waals surface area contributed by atoms with E-state index in [4.69, 9.17) is 0 Å². The van der Waals surface area contributed by atoms with Crippen LogP contribution in [0.2, 0.25) is 0 Å². The molecular weight excluding hydrogens is 238 g/mol. The number of rotatable bonds is 4. The van der Waals surface area contributed by atoms with Crippen LogP contribution in [0.1, 0.15) is 37.6 Å². The highest BCUT2D eigenvalue weighted by atomic mass is 16.2. The van der Waals surface area contributed by atoms with Gasteiger partial charge in [-0.3, -0.25) is 9.89 Å². The van der Waals surface area contributed by atoms with E-state index < -0.39 is 0 Å². The normalized spacial score (nSPS) is 12.9. The molecule has 1 aromatic carbocycles. The monoisotopic (exact) mass is 259 g/mol. The van der Waals surface area contributed by atoms with Crippen LogP contribution >= 0.6 is 0 Å². The number of nitrogens with zero attached hydrogens (tertiary/aromatic N) is 2. The Morgan fingerprint density at radius 1 is 1.37 bits per heavy atom. The summed E-state index contributed by atoms with van der Waals surface area (Å²) in [4.78, 5) is 14.4. The predicted molar refractivity (Wildman–Crippen MR) is 77.1 cm³/mol. The molecule has 4 nitrogen and oxygen atoms in total. The van der Waals surface area contributed by atoms with Crippen LogP contribution in [0.5, 0.6) is 0 Å². The molecule has 19 heavy (non-hydrogen) atoms. The topological polar surface area (TPSA) is 49.0 Å². The molecule has 1 heterocycles. The van der Waals surface area contributed by atoms with Crippen molar-refractivity contribution in [3.8, 4) is 0 Å². The Morgan fingerprint density at radius 3 is 2.79 bits per heavy atom. The Balaban J connectivity index is 2.26. The summed E-state index contributed by atoms with van der Waals surface area (Å²) in [7, 11) is 1.87. The lowest BCUT2D eigenvalue weighted by molar-refractivity contribution is 0.0730. The van der Waals surface area contributed by atoms with Gasteiger partial charge in [0.25, 0.3) is 5.91 Å². The van der Waals surface area contributed by atoms with Crippen molar-refractivity contribution in [1.82, 2.24) is 15.1 Å². The number of para-hydroxylation sites is 1. The lowest BCUT2D eigenvalue weighted by Gasteiger charge is -2.26. The zero-order valence-electron chi connectivity index (χ0n) is 12.0. The number of benzene rings is 1. The van der Waals surface area contributed by atoms with Gasteiger partial charge in [0.05, 0.1) is 17.3 Å². The number of nitrogens with one attached hydrogen (secondary N) is 1. The maximum absolute atomic E-state index is 12.6. The Labute approximate surface area is 113 Å². The molecular formula is C15H21N3O. The second kappa shape index (κ2) is 5.43. The number of carbonyl (C=O) groups is 1. The fourth-order valence-electron chi connectivity index (χ4n) is 2.38. The summed E-state index contributed by atoms with van der Waals surface area (Å²) in [6.07, 6.45) is 2.74. The zero-order chi connectivity index (χ0) is 14.0. The number of aromatic amines is 1. The highest BCUT2D eigenvalue weighted by Crippen LogP contribution is 2.19. The number of hydrogen-bond acceptors (Lipinski definition) is 2. The fourth-order valence-corrected chi connectivity index (χ4v) is 2.38. The third kappa shape index (κ3) is 2.78. The van der Waals surface area contributed by atoms with Crippen molar-refractivity contribution in [2.75, 3.05) is 7.05 Å². The highest BCUT2D eigenvalue weighted by molar-refractivity contribution is 6.05. The molecule has 0 fully saturated rings. The molecule has 4 heteroatoms. The van der Waals surface area contributed by atoms with Crippen molar-refractivity contribution >= 4 is 16.8 Å². The first-order chi connectivity index (χ1) is 9.00. The molecule has 0 saturated carbocycles. The first kappa shape index (κ1) is 13.6.